The van der Waals surface area contributed by atoms with E-state index in [4.69, 9.17) is 0 Å². The highest BCUT2D eigenvalue weighted by Gasteiger charge is 2.16. The van der Waals surface area contributed by atoms with Crippen molar-refractivity contribution in [2.75, 3.05) is 6.54 Å². The first-order valence-electron chi connectivity index (χ1n) is 8.98. The Labute approximate surface area is 157 Å². The summed E-state index contributed by atoms with van der Waals surface area (Å²) in [5.41, 5.74) is 3.79. The van der Waals surface area contributed by atoms with E-state index in [2.05, 4.69) is 10.4 Å². The number of hydrogen-bond donors (Lipinski definition) is 2. The van der Waals surface area contributed by atoms with Crippen molar-refractivity contribution >= 4 is 0 Å². The fourth-order valence-corrected chi connectivity index (χ4v) is 2.91. The van der Waals surface area contributed by atoms with Gasteiger partial charge >= 0.3 is 0 Å². The summed E-state index contributed by atoms with van der Waals surface area (Å²) < 4.78 is 28.9. The van der Waals surface area contributed by atoms with E-state index in [-0.39, 0.29) is 5.69 Å². The predicted octanol–water partition coefficient (Wildman–Crippen LogP) is 3.99. The van der Waals surface area contributed by atoms with Crippen molar-refractivity contribution in [3.63, 3.8) is 0 Å². The number of aromatic nitrogens is 2. The zero-order valence-electron chi connectivity index (χ0n) is 15.4. The number of aliphatic hydroxyl groups excluding tert-OH is 1. The van der Waals surface area contributed by atoms with Crippen molar-refractivity contribution in [3.8, 4) is 16.9 Å². The van der Waals surface area contributed by atoms with E-state index < -0.39 is 17.7 Å². The van der Waals surface area contributed by atoms with E-state index in [1.165, 1.54) is 16.8 Å². The third-order valence-electron chi connectivity index (χ3n) is 4.51. The molecule has 0 radical (unpaired) electrons. The SMILES string of the molecule is CCC(O)CNCc1cn(-c2ccc(F)cc2F)nc1-c1ccccc1C. The molecule has 0 saturated carbocycles. The van der Waals surface area contributed by atoms with Crippen LogP contribution in [-0.2, 0) is 6.54 Å². The van der Waals surface area contributed by atoms with Gasteiger partial charge in [0, 0.05) is 36.5 Å². The standard InChI is InChI=1S/C21H23F2N3O/c1-3-17(27)12-24-11-15-13-26(20-9-8-16(22)10-19(20)23)25-21(15)18-7-5-4-6-14(18)2/h4-10,13,17,24,27H,3,11-12H2,1-2H3. The number of nitrogens with one attached hydrogen (secondary N) is 1. The molecular formula is C21H23F2N3O. The Morgan fingerprint density at radius 3 is 2.67 bits per heavy atom. The molecule has 0 amide bonds. The largest absolute Gasteiger partial charge is 0.392 e. The van der Waals surface area contributed by atoms with Crippen LogP contribution in [0.15, 0.2) is 48.7 Å². The minimum atomic E-state index is -0.672. The van der Waals surface area contributed by atoms with Crippen LogP contribution in [-0.4, -0.2) is 27.5 Å². The lowest BCUT2D eigenvalue weighted by molar-refractivity contribution is 0.167. The van der Waals surface area contributed by atoms with Crippen LogP contribution in [0, 0.1) is 18.6 Å². The van der Waals surface area contributed by atoms with Crippen LogP contribution < -0.4 is 5.32 Å². The molecule has 0 aliphatic rings. The number of rotatable bonds is 7. The van der Waals surface area contributed by atoms with Crippen molar-refractivity contribution in [2.45, 2.75) is 32.9 Å². The van der Waals surface area contributed by atoms with E-state index in [0.717, 1.165) is 28.5 Å². The van der Waals surface area contributed by atoms with Crippen LogP contribution in [0.3, 0.4) is 0 Å². The Bertz CT molecular complexity index is 924. The van der Waals surface area contributed by atoms with E-state index in [1.54, 1.807) is 6.20 Å². The number of aryl methyl sites for hydroxylation is 1. The number of aliphatic hydroxyl groups is 1. The molecule has 1 aromatic heterocycles. The van der Waals surface area contributed by atoms with E-state index in [9.17, 15) is 13.9 Å². The molecular weight excluding hydrogens is 348 g/mol. The van der Waals surface area contributed by atoms with Crippen molar-refractivity contribution in [1.29, 1.82) is 0 Å². The van der Waals surface area contributed by atoms with Gasteiger partial charge in [-0.15, -0.1) is 0 Å². The first kappa shape index (κ1) is 19.2. The molecule has 0 fully saturated rings. The highest BCUT2D eigenvalue weighted by atomic mass is 19.1. The topological polar surface area (TPSA) is 50.1 Å². The maximum atomic E-state index is 14.2. The van der Waals surface area contributed by atoms with Gasteiger partial charge in [0.15, 0.2) is 5.82 Å². The fourth-order valence-electron chi connectivity index (χ4n) is 2.91. The van der Waals surface area contributed by atoms with Gasteiger partial charge in [-0.3, -0.25) is 0 Å². The molecule has 3 rings (SSSR count). The minimum Gasteiger partial charge on any atom is -0.392 e. The summed E-state index contributed by atoms with van der Waals surface area (Å²) in [4.78, 5) is 0. The fraction of sp³-hybridized carbons (Fsp3) is 0.286. The molecule has 0 saturated heterocycles. The number of halogens is 2. The predicted molar refractivity (Wildman–Crippen MR) is 102 cm³/mol. The first-order valence-corrected chi connectivity index (χ1v) is 8.98. The molecule has 6 heteroatoms. The zero-order chi connectivity index (χ0) is 19.4. The summed E-state index contributed by atoms with van der Waals surface area (Å²) in [5.74, 6) is -1.30. The van der Waals surface area contributed by atoms with Gasteiger partial charge in [0.1, 0.15) is 11.5 Å². The Kier molecular flexibility index (Phi) is 5.98. The molecule has 2 N–H and O–H groups in total. The van der Waals surface area contributed by atoms with Gasteiger partial charge in [-0.25, -0.2) is 13.5 Å². The lowest BCUT2D eigenvalue weighted by Crippen LogP contribution is -2.25. The molecule has 1 atom stereocenters. The van der Waals surface area contributed by atoms with Gasteiger partial charge in [0.25, 0.3) is 0 Å². The van der Waals surface area contributed by atoms with Crippen LogP contribution in [0.25, 0.3) is 16.9 Å². The summed E-state index contributed by atoms with van der Waals surface area (Å²) in [7, 11) is 0. The molecule has 0 aliphatic heterocycles. The van der Waals surface area contributed by atoms with E-state index in [0.29, 0.717) is 19.5 Å². The van der Waals surface area contributed by atoms with Crippen molar-refractivity contribution in [1.82, 2.24) is 15.1 Å². The van der Waals surface area contributed by atoms with Crippen LogP contribution in [0.2, 0.25) is 0 Å². The maximum absolute atomic E-state index is 14.2. The van der Waals surface area contributed by atoms with E-state index in [1.807, 2.05) is 38.1 Å². The van der Waals surface area contributed by atoms with Crippen molar-refractivity contribution in [2.24, 2.45) is 0 Å². The third kappa shape index (κ3) is 4.40. The zero-order valence-corrected chi connectivity index (χ0v) is 15.4. The molecule has 4 nitrogen and oxygen atoms in total. The van der Waals surface area contributed by atoms with Crippen LogP contribution in [0.5, 0.6) is 0 Å². The number of hydrogen-bond acceptors (Lipinski definition) is 3. The second kappa shape index (κ2) is 8.41. The second-order valence-electron chi connectivity index (χ2n) is 6.55. The Morgan fingerprint density at radius 2 is 1.96 bits per heavy atom. The van der Waals surface area contributed by atoms with Crippen molar-refractivity contribution < 1.29 is 13.9 Å². The summed E-state index contributed by atoms with van der Waals surface area (Å²) in [6, 6.07) is 11.3. The highest BCUT2D eigenvalue weighted by molar-refractivity contribution is 5.66. The van der Waals surface area contributed by atoms with Gasteiger partial charge in [-0.1, -0.05) is 31.2 Å². The minimum absolute atomic E-state index is 0.186. The van der Waals surface area contributed by atoms with Gasteiger partial charge in [0.05, 0.1) is 11.8 Å². The summed E-state index contributed by atoms with van der Waals surface area (Å²) >= 11 is 0. The van der Waals surface area contributed by atoms with Gasteiger partial charge in [-0.05, 0) is 31.0 Å². The molecule has 0 bridgehead atoms. The second-order valence-corrected chi connectivity index (χ2v) is 6.55. The van der Waals surface area contributed by atoms with Gasteiger partial charge in [0.2, 0.25) is 0 Å². The molecule has 1 heterocycles. The van der Waals surface area contributed by atoms with Crippen LogP contribution >= 0.6 is 0 Å². The van der Waals surface area contributed by atoms with Crippen LogP contribution in [0.1, 0.15) is 24.5 Å². The molecule has 1 unspecified atom stereocenters. The third-order valence-corrected chi connectivity index (χ3v) is 4.51. The quantitative estimate of drug-likeness (QED) is 0.660. The Morgan fingerprint density at radius 1 is 1.19 bits per heavy atom. The van der Waals surface area contributed by atoms with Gasteiger partial charge in [-0.2, -0.15) is 5.10 Å². The molecule has 3 aromatic rings. The van der Waals surface area contributed by atoms with Crippen molar-refractivity contribution in [3.05, 3.63) is 71.4 Å². The smallest absolute Gasteiger partial charge is 0.151 e. The lowest BCUT2D eigenvalue weighted by Gasteiger charge is -2.10. The average molecular weight is 371 g/mol. The number of nitrogens with zero attached hydrogens (tertiary/aromatic N) is 2. The first-order chi connectivity index (χ1) is 13.0. The molecule has 142 valence electrons. The molecule has 27 heavy (non-hydrogen) atoms. The molecule has 0 spiro atoms. The summed E-state index contributed by atoms with van der Waals surface area (Å²) in [6.07, 6.45) is 1.98. The van der Waals surface area contributed by atoms with Gasteiger partial charge < -0.3 is 10.4 Å². The Balaban J connectivity index is 1.99. The molecule has 2 aromatic carbocycles. The normalized spacial score (nSPS) is 12.3. The lowest BCUT2D eigenvalue weighted by atomic mass is 10.0. The maximum Gasteiger partial charge on any atom is 0.151 e. The monoisotopic (exact) mass is 371 g/mol. The number of benzene rings is 2. The van der Waals surface area contributed by atoms with E-state index >= 15 is 0 Å². The van der Waals surface area contributed by atoms with Crippen LogP contribution in [0.4, 0.5) is 8.78 Å². The summed E-state index contributed by atoms with van der Waals surface area (Å²) in [6.45, 7) is 4.84. The highest BCUT2D eigenvalue weighted by Crippen LogP contribution is 2.27. The molecule has 0 aliphatic carbocycles. The Hall–Kier alpha value is -2.57. The summed E-state index contributed by atoms with van der Waals surface area (Å²) in [5, 5.41) is 17.5. The average Bonchev–Trinajstić information content (AvgIpc) is 3.05.